The molecule has 31 heavy (non-hydrogen) atoms. The fraction of sp³-hybridized carbons (Fsp3) is 0.333. The summed E-state index contributed by atoms with van der Waals surface area (Å²) in [5, 5.41) is 15.0. The molecular formula is C21H22ClN3O5S. The summed E-state index contributed by atoms with van der Waals surface area (Å²) in [5.41, 5.74) is 1.15. The van der Waals surface area contributed by atoms with Crippen molar-refractivity contribution in [2.75, 3.05) is 20.2 Å². The van der Waals surface area contributed by atoms with Crippen molar-refractivity contribution in [2.24, 2.45) is 5.92 Å². The van der Waals surface area contributed by atoms with Crippen LogP contribution in [0.3, 0.4) is 0 Å². The van der Waals surface area contributed by atoms with E-state index in [0.717, 1.165) is 5.52 Å². The van der Waals surface area contributed by atoms with Crippen molar-refractivity contribution in [1.29, 1.82) is 0 Å². The number of benzene rings is 2. The van der Waals surface area contributed by atoms with Gasteiger partial charge in [-0.3, -0.25) is 9.48 Å². The molecule has 1 N–H and O–H groups in total. The summed E-state index contributed by atoms with van der Waals surface area (Å²) in [6.45, 7) is 2.54. The average Bonchev–Trinajstić information content (AvgIpc) is 3.28. The molecule has 2 atom stereocenters. The molecule has 2 heterocycles. The van der Waals surface area contributed by atoms with Crippen molar-refractivity contribution in [3.8, 4) is 5.75 Å². The van der Waals surface area contributed by atoms with E-state index in [4.69, 9.17) is 16.3 Å². The SMILES string of the molecule is COc1ccc(S(=O)(=O)N2C[C@@H](C)[C@@H](n3nc(CC(=O)O)c4cc(Cl)ccc43)C2)cc1. The Bertz CT molecular complexity index is 1240. The van der Waals surface area contributed by atoms with Crippen LogP contribution in [-0.4, -0.2) is 53.8 Å². The third-order valence-corrected chi connectivity index (χ3v) is 7.69. The van der Waals surface area contributed by atoms with Crippen molar-refractivity contribution in [1.82, 2.24) is 14.1 Å². The second-order valence-electron chi connectivity index (χ2n) is 7.67. The van der Waals surface area contributed by atoms with Gasteiger partial charge < -0.3 is 9.84 Å². The number of ether oxygens (including phenoxy) is 1. The highest BCUT2D eigenvalue weighted by Gasteiger charge is 2.39. The predicted molar refractivity (Wildman–Crippen MR) is 116 cm³/mol. The smallest absolute Gasteiger partial charge is 0.309 e. The highest BCUT2D eigenvalue weighted by atomic mass is 35.5. The van der Waals surface area contributed by atoms with Crippen LogP contribution < -0.4 is 4.74 Å². The summed E-state index contributed by atoms with van der Waals surface area (Å²) in [6, 6.07) is 11.3. The number of aromatic nitrogens is 2. The van der Waals surface area contributed by atoms with Crippen LogP contribution in [0.25, 0.3) is 10.9 Å². The van der Waals surface area contributed by atoms with E-state index in [1.54, 1.807) is 35.0 Å². The lowest BCUT2D eigenvalue weighted by Crippen LogP contribution is -2.29. The van der Waals surface area contributed by atoms with Crippen molar-refractivity contribution in [3.05, 3.63) is 53.2 Å². The molecule has 1 aromatic heterocycles. The van der Waals surface area contributed by atoms with Crippen LogP contribution in [0, 0.1) is 5.92 Å². The Hall–Kier alpha value is -2.62. The molecule has 1 aliphatic rings. The molecule has 0 unspecified atom stereocenters. The first-order valence-corrected chi connectivity index (χ1v) is 11.5. The van der Waals surface area contributed by atoms with Crippen LogP contribution in [-0.2, 0) is 21.2 Å². The highest BCUT2D eigenvalue weighted by molar-refractivity contribution is 7.89. The first-order valence-electron chi connectivity index (χ1n) is 9.73. The van der Waals surface area contributed by atoms with E-state index in [-0.39, 0.29) is 29.8 Å². The van der Waals surface area contributed by atoms with Crippen LogP contribution in [0.15, 0.2) is 47.4 Å². The zero-order chi connectivity index (χ0) is 22.3. The average molecular weight is 464 g/mol. The van der Waals surface area contributed by atoms with E-state index in [0.29, 0.717) is 28.4 Å². The molecule has 1 saturated heterocycles. The Morgan fingerprint density at radius 3 is 2.58 bits per heavy atom. The lowest BCUT2D eigenvalue weighted by Gasteiger charge is -2.18. The van der Waals surface area contributed by atoms with Gasteiger partial charge in [0.1, 0.15) is 5.75 Å². The molecule has 3 aromatic rings. The van der Waals surface area contributed by atoms with Crippen molar-refractivity contribution < 1.29 is 23.1 Å². The van der Waals surface area contributed by atoms with Crippen molar-refractivity contribution >= 4 is 38.5 Å². The van der Waals surface area contributed by atoms with E-state index in [1.807, 2.05) is 6.92 Å². The molecule has 4 rings (SSSR count). The van der Waals surface area contributed by atoms with Gasteiger partial charge in [0.15, 0.2) is 0 Å². The first kappa shape index (κ1) is 21.6. The summed E-state index contributed by atoms with van der Waals surface area (Å²) >= 11 is 6.12. The second kappa shape index (κ2) is 8.14. The predicted octanol–water partition coefficient (Wildman–Crippen LogP) is 3.21. The van der Waals surface area contributed by atoms with Gasteiger partial charge in [-0.15, -0.1) is 0 Å². The number of nitrogens with zero attached hydrogens (tertiary/aromatic N) is 3. The summed E-state index contributed by atoms with van der Waals surface area (Å²) in [4.78, 5) is 11.5. The van der Waals surface area contributed by atoms with Gasteiger partial charge in [0, 0.05) is 23.5 Å². The second-order valence-corrected chi connectivity index (χ2v) is 10.0. The Kier molecular flexibility index (Phi) is 5.67. The van der Waals surface area contributed by atoms with E-state index in [2.05, 4.69) is 5.10 Å². The summed E-state index contributed by atoms with van der Waals surface area (Å²) in [5.74, 6) is -0.432. The van der Waals surface area contributed by atoms with E-state index >= 15 is 0 Å². The number of aliphatic carboxylic acids is 1. The maximum Gasteiger partial charge on any atom is 0.309 e. The number of methoxy groups -OCH3 is 1. The standard InChI is InChI=1S/C21H22ClN3O5S/c1-13-11-24(31(28,29)16-6-4-15(30-2)5-7-16)12-20(13)25-19-8-3-14(22)9-17(19)18(23-25)10-21(26)27/h3-9,13,20H,10-12H2,1-2H3,(H,26,27)/t13-,20+/m1/s1. The zero-order valence-corrected chi connectivity index (χ0v) is 18.6. The minimum atomic E-state index is -3.69. The van der Waals surface area contributed by atoms with Crippen molar-refractivity contribution in [3.63, 3.8) is 0 Å². The Morgan fingerprint density at radius 1 is 1.23 bits per heavy atom. The lowest BCUT2D eigenvalue weighted by atomic mass is 10.1. The van der Waals surface area contributed by atoms with Crippen LogP contribution >= 0.6 is 11.6 Å². The van der Waals surface area contributed by atoms with Crippen LogP contribution in [0.2, 0.25) is 5.02 Å². The van der Waals surface area contributed by atoms with E-state index < -0.39 is 16.0 Å². The number of carboxylic acid groups (broad SMARTS) is 1. The molecule has 0 radical (unpaired) electrons. The highest BCUT2D eigenvalue weighted by Crippen LogP contribution is 2.35. The summed E-state index contributed by atoms with van der Waals surface area (Å²) < 4.78 is 34.7. The van der Waals surface area contributed by atoms with Crippen LogP contribution in [0.4, 0.5) is 0 Å². The normalized spacial score (nSPS) is 19.7. The Morgan fingerprint density at radius 2 is 1.94 bits per heavy atom. The first-order chi connectivity index (χ1) is 14.7. The van der Waals surface area contributed by atoms with Gasteiger partial charge in [-0.25, -0.2) is 8.42 Å². The number of carbonyl (C=O) groups is 1. The summed E-state index contributed by atoms with van der Waals surface area (Å²) in [6.07, 6.45) is -0.237. The third-order valence-electron chi connectivity index (χ3n) is 5.61. The molecule has 0 saturated carbocycles. The fourth-order valence-corrected chi connectivity index (χ4v) is 5.75. The summed E-state index contributed by atoms with van der Waals surface area (Å²) in [7, 11) is -2.16. The molecule has 8 nitrogen and oxygen atoms in total. The minimum absolute atomic E-state index is 0.0236. The van der Waals surface area contributed by atoms with Gasteiger partial charge in [-0.2, -0.15) is 9.40 Å². The van der Waals surface area contributed by atoms with E-state index in [1.165, 1.54) is 23.5 Å². The number of hydrogen-bond acceptors (Lipinski definition) is 5. The largest absolute Gasteiger partial charge is 0.497 e. The molecule has 1 aliphatic heterocycles. The molecule has 10 heteroatoms. The maximum atomic E-state index is 13.2. The molecule has 1 fully saturated rings. The molecule has 2 aromatic carbocycles. The number of sulfonamides is 1. The monoisotopic (exact) mass is 463 g/mol. The fourth-order valence-electron chi connectivity index (χ4n) is 4.02. The van der Waals surface area contributed by atoms with Crippen LogP contribution in [0.1, 0.15) is 18.7 Å². The number of hydrogen-bond donors (Lipinski definition) is 1. The number of halogens is 1. The van der Waals surface area contributed by atoms with Gasteiger partial charge in [-0.1, -0.05) is 18.5 Å². The molecular weight excluding hydrogens is 442 g/mol. The molecule has 0 spiro atoms. The number of rotatable bonds is 6. The maximum absolute atomic E-state index is 13.2. The molecule has 0 amide bonds. The van der Waals surface area contributed by atoms with Gasteiger partial charge >= 0.3 is 5.97 Å². The quantitative estimate of drug-likeness (QED) is 0.602. The number of fused-ring (bicyclic) bond motifs is 1. The van der Waals surface area contributed by atoms with Crippen LogP contribution in [0.5, 0.6) is 5.75 Å². The third kappa shape index (κ3) is 4.00. The lowest BCUT2D eigenvalue weighted by molar-refractivity contribution is -0.136. The Labute approximate surface area is 185 Å². The van der Waals surface area contributed by atoms with Gasteiger partial charge in [0.25, 0.3) is 0 Å². The Balaban J connectivity index is 1.69. The molecule has 0 bridgehead atoms. The molecule has 0 aliphatic carbocycles. The topological polar surface area (TPSA) is 102 Å². The zero-order valence-electron chi connectivity index (χ0n) is 17.0. The van der Waals surface area contributed by atoms with Crippen molar-refractivity contribution in [2.45, 2.75) is 24.3 Å². The minimum Gasteiger partial charge on any atom is -0.497 e. The van der Waals surface area contributed by atoms with E-state index in [9.17, 15) is 18.3 Å². The number of carboxylic acids is 1. The van der Waals surface area contributed by atoms with Gasteiger partial charge in [0.2, 0.25) is 10.0 Å². The van der Waals surface area contributed by atoms with Gasteiger partial charge in [0.05, 0.1) is 35.7 Å². The van der Waals surface area contributed by atoms with Gasteiger partial charge in [-0.05, 0) is 48.4 Å². The molecule has 164 valence electrons.